The van der Waals surface area contributed by atoms with Gasteiger partial charge in [-0.25, -0.2) is 0 Å². The van der Waals surface area contributed by atoms with Gasteiger partial charge < -0.3 is 4.90 Å². The van der Waals surface area contributed by atoms with Gasteiger partial charge in [0.05, 0.1) is 0 Å². The van der Waals surface area contributed by atoms with Crippen molar-refractivity contribution in [3.8, 4) is 0 Å². The molecule has 1 fully saturated rings. The average molecular weight is 211 g/mol. The second-order valence-electron chi connectivity index (χ2n) is 4.47. The molecule has 0 aromatic heterocycles. The highest BCUT2D eigenvalue weighted by Crippen LogP contribution is 2.08. The third kappa shape index (κ3) is 3.82. The summed E-state index contributed by atoms with van der Waals surface area (Å²) in [6.07, 6.45) is 2.45. The highest BCUT2D eigenvalue weighted by molar-refractivity contribution is 5.76. The van der Waals surface area contributed by atoms with E-state index in [1.54, 1.807) is 0 Å². The number of nitrogens with zero attached hydrogens (tertiary/aromatic N) is 2. The Hall–Kier alpha value is -0.570. The van der Waals surface area contributed by atoms with Gasteiger partial charge in [-0.1, -0.05) is 13.3 Å². The molecule has 0 N–H and O–H groups in total. The van der Waals surface area contributed by atoms with Crippen molar-refractivity contribution in [1.82, 2.24) is 9.80 Å². The molecule has 1 aliphatic rings. The number of unbranched alkanes of at least 4 members (excludes halogenated alkanes) is 1. The molecule has 1 aliphatic heterocycles. The Labute approximate surface area is 93.4 Å². The van der Waals surface area contributed by atoms with E-state index in [1.807, 2.05) is 4.90 Å². The molecule has 0 aliphatic carbocycles. The van der Waals surface area contributed by atoms with Crippen LogP contribution in [0.1, 0.15) is 33.1 Å². The summed E-state index contributed by atoms with van der Waals surface area (Å²) < 4.78 is 0. The quantitative estimate of drug-likeness (QED) is 0.704. The molecule has 87 valence electrons. The first-order valence-electron chi connectivity index (χ1n) is 5.96. The molecule has 0 aromatic carbocycles. The van der Waals surface area contributed by atoms with Crippen LogP contribution in [0.5, 0.6) is 0 Å². The normalized spacial score (nSPS) is 18.5. The van der Waals surface area contributed by atoms with E-state index in [4.69, 9.17) is 0 Å². The molecule has 1 amide bonds. The zero-order chi connectivity index (χ0) is 11.3. The minimum absolute atomic E-state index is 0.307. The van der Waals surface area contributed by atoms with Crippen molar-refractivity contribution in [2.75, 3.05) is 26.2 Å². The van der Waals surface area contributed by atoms with Crippen molar-refractivity contribution in [3.05, 3.63) is 6.92 Å². The van der Waals surface area contributed by atoms with E-state index in [0.717, 1.165) is 39.0 Å². The summed E-state index contributed by atoms with van der Waals surface area (Å²) in [5.41, 5.74) is 0. The van der Waals surface area contributed by atoms with Gasteiger partial charge in [0.2, 0.25) is 5.91 Å². The molecule has 3 heteroatoms. The first-order valence-corrected chi connectivity index (χ1v) is 5.96. The third-order valence-corrected chi connectivity index (χ3v) is 3.04. The minimum Gasteiger partial charge on any atom is -0.340 e. The topological polar surface area (TPSA) is 23.6 Å². The monoisotopic (exact) mass is 211 g/mol. The molecular weight excluding hydrogens is 188 g/mol. The molecule has 15 heavy (non-hydrogen) atoms. The fourth-order valence-electron chi connectivity index (χ4n) is 1.92. The number of rotatable bonds is 4. The summed E-state index contributed by atoms with van der Waals surface area (Å²) in [5.74, 6) is 0.307. The number of carbonyl (C=O) groups excluding carboxylic acids is 1. The number of piperazine rings is 1. The Bertz CT molecular complexity index is 196. The van der Waals surface area contributed by atoms with E-state index in [-0.39, 0.29) is 0 Å². The van der Waals surface area contributed by atoms with Crippen molar-refractivity contribution in [2.24, 2.45) is 0 Å². The first kappa shape index (κ1) is 12.5. The molecular formula is C12H23N2O. The van der Waals surface area contributed by atoms with Crippen LogP contribution in [0.2, 0.25) is 0 Å². The fraction of sp³-hybridized carbons (Fsp3) is 0.833. The molecule has 0 spiro atoms. The van der Waals surface area contributed by atoms with Crippen LogP contribution in [0.25, 0.3) is 0 Å². The summed E-state index contributed by atoms with van der Waals surface area (Å²) in [5, 5.41) is 0. The van der Waals surface area contributed by atoms with Crippen LogP contribution in [-0.2, 0) is 4.79 Å². The molecule has 0 aromatic rings. The minimum atomic E-state index is 0.307. The van der Waals surface area contributed by atoms with E-state index < -0.39 is 0 Å². The van der Waals surface area contributed by atoms with Crippen LogP contribution in [0.3, 0.4) is 0 Å². The predicted molar refractivity (Wildman–Crippen MR) is 62.5 cm³/mol. The molecule has 1 rings (SSSR count). The summed E-state index contributed by atoms with van der Waals surface area (Å²) in [6.45, 7) is 12.0. The Morgan fingerprint density at radius 2 is 1.87 bits per heavy atom. The molecule has 0 bridgehead atoms. The SMILES string of the molecule is [CH2]CCCC(=O)N1CCN(C(C)C)CC1. The zero-order valence-corrected chi connectivity index (χ0v) is 10.0. The lowest BCUT2D eigenvalue weighted by molar-refractivity contribution is -0.133. The average Bonchev–Trinajstić information content (AvgIpc) is 2.26. The van der Waals surface area contributed by atoms with Crippen LogP contribution >= 0.6 is 0 Å². The molecule has 1 heterocycles. The van der Waals surface area contributed by atoms with Gasteiger partial charge in [0.25, 0.3) is 0 Å². The Kier molecular flexibility index (Phi) is 5.09. The maximum absolute atomic E-state index is 11.7. The third-order valence-electron chi connectivity index (χ3n) is 3.04. The van der Waals surface area contributed by atoms with E-state index in [1.165, 1.54) is 0 Å². The van der Waals surface area contributed by atoms with Crippen LogP contribution < -0.4 is 0 Å². The van der Waals surface area contributed by atoms with Gasteiger partial charge in [-0.3, -0.25) is 9.69 Å². The van der Waals surface area contributed by atoms with Crippen molar-refractivity contribution in [1.29, 1.82) is 0 Å². The van der Waals surface area contributed by atoms with Gasteiger partial charge in [0, 0.05) is 38.6 Å². The summed E-state index contributed by atoms with van der Waals surface area (Å²) >= 11 is 0. The lowest BCUT2D eigenvalue weighted by atomic mass is 10.2. The number of carbonyl (C=O) groups is 1. The number of hydrogen-bond acceptors (Lipinski definition) is 2. The van der Waals surface area contributed by atoms with E-state index in [9.17, 15) is 4.79 Å². The Balaban J connectivity index is 2.27. The van der Waals surface area contributed by atoms with Crippen LogP contribution in [0, 0.1) is 6.92 Å². The van der Waals surface area contributed by atoms with Crippen molar-refractivity contribution in [3.63, 3.8) is 0 Å². The summed E-state index contributed by atoms with van der Waals surface area (Å²) in [6, 6.07) is 0.599. The second-order valence-corrected chi connectivity index (χ2v) is 4.47. The van der Waals surface area contributed by atoms with Crippen LogP contribution in [0.15, 0.2) is 0 Å². The highest BCUT2D eigenvalue weighted by atomic mass is 16.2. The summed E-state index contributed by atoms with van der Waals surface area (Å²) in [4.78, 5) is 16.1. The predicted octanol–water partition coefficient (Wildman–Crippen LogP) is 1.54. The van der Waals surface area contributed by atoms with E-state index in [2.05, 4.69) is 25.7 Å². The molecule has 1 radical (unpaired) electrons. The number of hydrogen-bond donors (Lipinski definition) is 0. The van der Waals surface area contributed by atoms with Gasteiger partial charge in [-0.05, 0) is 20.3 Å². The summed E-state index contributed by atoms with van der Waals surface area (Å²) in [7, 11) is 0. The fourth-order valence-corrected chi connectivity index (χ4v) is 1.92. The molecule has 0 atom stereocenters. The molecule has 0 unspecified atom stereocenters. The van der Waals surface area contributed by atoms with E-state index >= 15 is 0 Å². The molecule has 3 nitrogen and oxygen atoms in total. The van der Waals surface area contributed by atoms with Crippen molar-refractivity contribution in [2.45, 2.75) is 39.2 Å². The smallest absolute Gasteiger partial charge is 0.222 e. The van der Waals surface area contributed by atoms with E-state index in [0.29, 0.717) is 18.4 Å². The maximum Gasteiger partial charge on any atom is 0.222 e. The zero-order valence-electron chi connectivity index (χ0n) is 10.0. The highest BCUT2D eigenvalue weighted by Gasteiger charge is 2.21. The lowest BCUT2D eigenvalue weighted by Crippen LogP contribution is -2.50. The van der Waals surface area contributed by atoms with Gasteiger partial charge in [-0.2, -0.15) is 0 Å². The van der Waals surface area contributed by atoms with Crippen LogP contribution in [-0.4, -0.2) is 47.9 Å². The van der Waals surface area contributed by atoms with Crippen molar-refractivity contribution >= 4 is 5.91 Å². The Morgan fingerprint density at radius 3 is 2.33 bits per heavy atom. The van der Waals surface area contributed by atoms with Gasteiger partial charge in [0.1, 0.15) is 0 Å². The maximum atomic E-state index is 11.7. The molecule has 1 saturated heterocycles. The van der Waals surface area contributed by atoms with Gasteiger partial charge in [0.15, 0.2) is 0 Å². The van der Waals surface area contributed by atoms with Gasteiger partial charge in [-0.15, -0.1) is 0 Å². The van der Waals surface area contributed by atoms with Gasteiger partial charge >= 0.3 is 0 Å². The van der Waals surface area contributed by atoms with Crippen molar-refractivity contribution < 1.29 is 4.79 Å². The molecule has 0 saturated carbocycles. The Morgan fingerprint density at radius 1 is 1.27 bits per heavy atom. The largest absolute Gasteiger partial charge is 0.340 e. The first-order chi connectivity index (χ1) is 7.15. The lowest BCUT2D eigenvalue weighted by Gasteiger charge is -2.37. The number of amides is 1. The van der Waals surface area contributed by atoms with Crippen LogP contribution in [0.4, 0.5) is 0 Å². The second kappa shape index (κ2) is 6.11. The standard InChI is InChI=1S/C12H23N2O/c1-4-5-6-12(15)14-9-7-13(8-10-14)11(2)3/h11H,1,4-10H2,2-3H3.